The molecule has 2 aromatic carbocycles. The quantitative estimate of drug-likeness (QED) is 0.500. The second-order valence-corrected chi connectivity index (χ2v) is 7.30. The lowest BCUT2D eigenvalue weighted by molar-refractivity contribution is 0.103. The molecule has 2 aromatic heterocycles. The first-order valence-corrected chi connectivity index (χ1v) is 9.94. The molecule has 152 valence electrons. The highest BCUT2D eigenvalue weighted by molar-refractivity contribution is 6.08. The van der Waals surface area contributed by atoms with Crippen molar-refractivity contribution < 1.29 is 9.53 Å². The number of anilines is 1. The number of fused-ring (bicyclic) bond motifs is 1. The zero-order valence-electron chi connectivity index (χ0n) is 16.5. The number of hydrogen-bond donors (Lipinski definition) is 1. The lowest BCUT2D eigenvalue weighted by Crippen LogP contribution is -2.21. The number of aromatic amines is 1. The lowest BCUT2D eigenvalue weighted by atomic mass is 10.1. The normalized spacial score (nSPS) is 15.7. The van der Waals surface area contributed by atoms with Crippen molar-refractivity contribution >= 4 is 22.6 Å². The predicted octanol–water partition coefficient (Wildman–Crippen LogP) is 3.73. The van der Waals surface area contributed by atoms with Crippen molar-refractivity contribution in [2.24, 2.45) is 5.92 Å². The van der Waals surface area contributed by atoms with Crippen molar-refractivity contribution in [2.45, 2.75) is 6.42 Å². The largest absolute Gasteiger partial charge is 0.436 e. The molecule has 1 N–H and O–H groups in total. The first-order chi connectivity index (χ1) is 15.2. The van der Waals surface area contributed by atoms with Gasteiger partial charge in [-0.1, -0.05) is 12.1 Å². The molecular formula is C23H18N6O2. The fraction of sp³-hybridized carbons (Fsp3) is 0.174. The van der Waals surface area contributed by atoms with Crippen LogP contribution in [0.2, 0.25) is 0 Å². The maximum absolute atomic E-state index is 12.8. The standard InChI is InChI=1S/C23H18N6O2/c24-13-15-9-12-29(14-15)22-23(26-11-10-25-22)31-17-7-5-16(6-8-17)20(30)21-27-18-3-1-2-4-19(18)28-21/h1-8,10-11,15H,9,12,14H2,(H,27,28)/t15-/m0/s1. The molecule has 1 atom stereocenters. The molecule has 4 aromatic rings. The number of carbonyl (C=O) groups excluding carboxylic acids is 1. The number of imidazole rings is 1. The molecule has 3 heterocycles. The van der Waals surface area contributed by atoms with E-state index < -0.39 is 0 Å². The van der Waals surface area contributed by atoms with E-state index in [4.69, 9.17) is 10.00 Å². The van der Waals surface area contributed by atoms with Gasteiger partial charge in [0, 0.05) is 31.0 Å². The summed E-state index contributed by atoms with van der Waals surface area (Å²) in [7, 11) is 0. The second kappa shape index (κ2) is 7.88. The third-order valence-corrected chi connectivity index (χ3v) is 5.25. The highest BCUT2D eigenvalue weighted by Crippen LogP contribution is 2.31. The summed E-state index contributed by atoms with van der Waals surface area (Å²) in [4.78, 5) is 30.9. The maximum atomic E-state index is 12.8. The van der Waals surface area contributed by atoms with Crippen LogP contribution in [0.5, 0.6) is 11.6 Å². The zero-order chi connectivity index (χ0) is 21.2. The van der Waals surface area contributed by atoms with Crippen LogP contribution in [-0.2, 0) is 0 Å². The van der Waals surface area contributed by atoms with Gasteiger partial charge in [0.15, 0.2) is 11.6 Å². The van der Waals surface area contributed by atoms with Crippen molar-refractivity contribution in [1.82, 2.24) is 19.9 Å². The van der Waals surface area contributed by atoms with Crippen LogP contribution in [0.25, 0.3) is 11.0 Å². The summed E-state index contributed by atoms with van der Waals surface area (Å²) in [6.07, 6.45) is 3.97. The summed E-state index contributed by atoms with van der Waals surface area (Å²) in [5.74, 6) is 1.62. The molecule has 0 saturated carbocycles. The number of nitrogens with one attached hydrogen (secondary N) is 1. The number of ketones is 1. The molecule has 1 fully saturated rings. The van der Waals surface area contributed by atoms with Gasteiger partial charge >= 0.3 is 0 Å². The summed E-state index contributed by atoms with van der Waals surface area (Å²) in [6.45, 7) is 1.34. The smallest absolute Gasteiger partial charge is 0.263 e. The van der Waals surface area contributed by atoms with E-state index in [2.05, 4.69) is 26.0 Å². The molecule has 0 radical (unpaired) electrons. The van der Waals surface area contributed by atoms with Gasteiger partial charge in [0.1, 0.15) is 5.75 Å². The van der Waals surface area contributed by atoms with Gasteiger partial charge in [-0.3, -0.25) is 4.79 Å². The Morgan fingerprint density at radius 2 is 1.94 bits per heavy atom. The third-order valence-electron chi connectivity index (χ3n) is 5.25. The minimum absolute atomic E-state index is 0.0154. The summed E-state index contributed by atoms with van der Waals surface area (Å²) in [6, 6.07) is 16.6. The number of para-hydroxylation sites is 2. The highest BCUT2D eigenvalue weighted by Gasteiger charge is 2.26. The van der Waals surface area contributed by atoms with E-state index in [0.717, 1.165) is 24.0 Å². The summed E-state index contributed by atoms with van der Waals surface area (Å²) < 4.78 is 5.95. The van der Waals surface area contributed by atoms with Gasteiger partial charge in [-0.05, 0) is 42.8 Å². The van der Waals surface area contributed by atoms with Crippen LogP contribution in [0.4, 0.5) is 5.82 Å². The molecular weight excluding hydrogens is 392 g/mol. The number of rotatable bonds is 5. The fourth-order valence-electron chi connectivity index (χ4n) is 3.65. The number of carbonyl (C=O) groups is 1. The topological polar surface area (TPSA) is 108 Å². The number of nitrogens with zero attached hydrogens (tertiary/aromatic N) is 5. The van der Waals surface area contributed by atoms with Gasteiger partial charge in [0.2, 0.25) is 5.78 Å². The Hall–Kier alpha value is -4.25. The molecule has 8 heteroatoms. The van der Waals surface area contributed by atoms with Crippen LogP contribution >= 0.6 is 0 Å². The van der Waals surface area contributed by atoms with E-state index in [0.29, 0.717) is 35.4 Å². The molecule has 0 bridgehead atoms. The van der Waals surface area contributed by atoms with Gasteiger partial charge in [-0.15, -0.1) is 0 Å². The number of aromatic nitrogens is 4. The van der Waals surface area contributed by atoms with E-state index in [9.17, 15) is 4.79 Å². The Labute approximate surface area is 178 Å². The predicted molar refractivity (Wildman–Crippen MR) is 114 cm³/mol. The number of H-pyrrole nitrogens is 1. The summed E-state index contributed by atoms with van der Waals surface area (Å²) >= 11 is 0. The number of hydrogen-bond acceptors (Lipinski definition) is 7. The van der Waals surface area contributed by atoms with Crippen LogP contribution in [0.15, 0.2) is 60.9 Å². The lowest BCUT2D eigenvalue weighted by Gasteiger charge is -2.18. The van der Waals surface area contributed by atoms with Crippen LogP contribution in [0, 0.1) is 17.2 Å². The number of benzene rings is 2. The molecule has 5 rings (SSSR count). The summed E-state index contributed by atoms with van der Waals surface area (Å²) in [5, 5.41) is 9.15. The van der Waals surface area contributed by atoms with Gasteiger partial charge in [-0.2, -0.15) is 5.26 Å². The molecule has 0 unspecified atom stereocenters. The Morgan fingerprint density at radius 1 is 1.13 bits per heavy atom. The fourth-order valence-corrected chi connectivity index (χ4v) is 3.65. The third kappa shape index (κ3) is 3.69. The average Bonchev–Trinajstić information content (AvgIpc) is 3.46. The van der Waals surface area contributed by atoms with Crippen molar-refractivity contribution in [3.63, 3.8) is 0 Å². The first-order valence-electron chi connectivity index (χ1n) is 9.94. The van der Waals surface area contributed by atoms with Crippen LogP contribution in [-0.4, -0.2) is 38.8 Å². The number of ether oxygens (including phenoxy) is 1. The minimum Gasteiger partial charge on any atom is -0.436 e. The van der Waals surface area contributed by atoms with Crippen LogP contribution in [0.1, 0.15) is 22.6 Å². The Kier molecular flexibility index (Phi) is 4.77. The van der Waals surface area contributed by atoms with Crippen molar-refractivity contribution in [1.29, 1.82) is 5.26 Å². The van der Waals surface area contributed by atoms with E-state index in [1.807, 2.05) is 29.2 Å². The van der Waals surface area contributed by atoms with Gasteiger partial charge in [0.25, 0.3) is 5.88 Å². The Morgan fingerprint density at radius 3 is 2.71 bits per heavy atom. The molecule has 0 amide bonds. The maximum Gasteiger partial charge on any atom is 0.263 e. The van der Waals surface area contributed by atoms with Crippen LogP contribution < -0.4 is 9.64 Å². The number of nitriles is 1. The molecule has 0 spiro atoms. The second-order valence-electron chi connectivity index (χ2n) is 7.30. The SMILES string of the molecule is N#C[C@@H]1CCN(c2nccnc2Oc2ccc(C(=O)c3nc4ccccc4[nH]3)cc2)C1. The van der Waals surface area contributed by atoms with E-state index >= 15 is 0 Å². The molecule has 1 saturated heterocycles. The Bertz CT molecular complexity index is 1260. The van der Waals surface area contributed by atoms with Crippen LogP contribution in [0.3, 0.4) is 0 Å². The van der Waals surface area contributed by atoms with Gasteiger partial charge in [0.05, 0.1) is 23.0 Å². The van der Waals surface area contributed by atoms with Crippen molar-refractivity contribution in [2.75, 3.05) is 18.0 Å². The Balaban J connectivity index is 1.34. The van der Waals surface area contributed by atoms with Crippen molar-refractivity contribution in [3.8, 4) is 17.7 Å². The van der Waals surface area contributed by atoms with Gasteiger partial charge in [-0.25, -0.2) is 15.0 Å². The van der Waals surface area contributed by atoms with Gasteiger partial charge < -0.3 is 14.6 Å². The average molecular weight is 410 g/mol. The molecule has 1 aliphatic rings. The summed E-state index contributed by atoms with van der Waals surface area (Å²) in [5.41, 5.74) is 2.07. The zero-order valence-corrected chi connectivity index (χ0v) is 16.5. The minimum atomic E-state index is -0.192. The molecule has 0 aliphatic carbocycles. The van der Waals surface area contributed by atoms with E-state index in [-0.39, 0.29) is 11.7 Å². The monoisotopic (exact) mass is 410 g/mol. The molecule has 31 heavy (non-hydrogen) atoms. The first kappa shape index (κ1) is 18.8. The highest BCUT2D eigenvalue weighted by atomic mass is 16.5. The molecule has 1 aliphatic heterocycles. The molecule has 8 nitrogen and oxygen atoms in total. The van der Waals surface area contributed by atoms with Crippen molar-refractivity contribution in [3.05, 3.63) is 72.3 Å². The van der Waals surface area contributed by atoms with E-state index in [1.54, 1.807) is 36.7 Å². The van der Waals surface area contributed by atoms with E-state index in [1.165, 1.54) is 0 Å².